The number of likely N-dealkylation sites (N-methyl/N-ethyl adjacent to an activating group) is 1. The first-order valence-electron chi connectivity index (χ1n) is 11.6. The molecule has 3 heterocycles. The number of carbonyl (C=O) groups excluding carboxylic acids is 2. The van der Waals surface area contributed by atoms with Crippen LogP contribution < -0.4 is 5.32 Å². The van der Waals surface area contributed by atoms with Gasteiger partial charge in [-0.3, -0.25) is 4.79 Å². The number of carbonyl (C=O) groups is 2. The maximum atomic E-state index is 12.9. The third kappa shape index (κ3) is 6.11. The SMILES string of the molecule is Cc1noc(C)c1NC(=O)N(C)C[C@@H]1OCc2cnnn2CCCC(=O)N([C@H](C)CO)C[C@H]1C. The summed E-state index contributed by atoms with van der Waals surface area (Å²) >= 11 is 0. The number of rotatable bonds is 5. The van der Waals surface area contributed by atoms with E-state index in [9.17, 15) is 14.7 Å². The van der Waals surface area contributed by atoms with Gasteiger partial charge < -0.3 is 29.5 Å². The van der Waals surface area contributed by atoms with Crippen molar-refractivity contribution in [2.75, 3.05) is 32.1 Å². The van der Waals surface area contributed by atoms with Crippen LogP contribution in [0.4, 0.5) is 10.5 Å². The zero-order valence-corrected chi connectivity index (χ0v) is 20.5. The molecule has 0 aromatic carbocycles. The highest BCUT2D eigenvalue weighted by Crippen LogP contribution is 2.21. The Morgan fingerprint density at radius 3 is 2.85 bits per heavy atom. The molecule has 0 unspecified atom stereocenters. The first-order chi connectivity index (χ1) is 16.2. The Morgan fingerprint density at radius 1 is 1.41 bits per heavy atom. The minimum atomic E-state index is -0.385. The van der Waals surface area contributed by atoms with Crippen LogP contribution in [0.15, 0.2) is 10.7 Å². The Bertz CT molecular complexity index is 955. The number of urea groups is 1. The van der Waals surface area contributed by atoms with E-state index in [2.05, 4.69) is 20.8 Å². The summed E-state index contributed by atoms with van der Waals surface area (Å²) in [6.07, 6.45) is 2.24. The number of aromatic nitrogens is 4. The number of aryl methyl sites for hydroxylation is 3. The van der Waals surface area contributed by atoms with Crippen molar-refractivity contribution in [1.82, 2.24) is 30.0 Å². The van der Waals surface area contributed by atoms with Gasteiger partial charge in [0.25, 0.3) is 0 Å². The van der Waals surface area contributed by atoms with Crippen LogP contribution in [0.1, 0.15) is 43.8 Å². The fraction of sp³-hybridized carbons (Fsp3) is 0.682. The number of fused-ring (bicyclic) bond motifs is 1. The fourth-order valence-corrected chi connectivity index (χ4v) is 3.96. The standard InChI is InChI=1S/C22H35N7O5/c1-14-10-28(15(2)12-30)20(31)7-6-8-29-18(9-23-26-29)13-33-19(14)11-27(5)22(32)24-21-16(3)25-34-17(21)4/h9,14-15,19,30H,6-8,10-13H2,1-5H3,(H,24,32)/t14-,15-,19+/m1/s1. The number of aliphatic hydroxyl groups is 1. The molecule has 0 aliphatic carbocycles. The van der Waals surface area contributed by atoms with Crippen LogP contribution in [0.2, 0.25) is 0 Å². The predicted octanol–water partition coefficient (Wildman–Crippen LogP) is 1.57. The lowest BCUT2D eigenvalue weighted by molar-refractivity contribution is -0.136. The van der Waals surface area contributed by atoms with E-state index in [4.69, 9.17) is 9.26 Å². The number of nitrogens with one attached hydrogen (secondary N) is 1. The van der Waals surface area contributed by atoms with Gasteiger partial charge in [-0.1, -0.05) is 17.3 Å². The Hall–Kier alpha value is -2.99. The quantitative estimate of drug-likeness (QED) is 0.662. The maximum Gasteiger partial charge on any atom is 0.321 e. The molecule has 188 valence electrons. The second-order valence-electron chi connectivity index (χ2n) is 8.97. The molecule has 1 aliphatic rings. The molecule has 12 nitrogen and oxygen atoms in total. The second kappa shape index (κ2) is 11.4. The molecule has 0 saturated carbocycles. The predicted molar refractivity (Wildman–Crippen MR) is 123 cm³/mol. The lowest BCUT2D eigenvalue weighted by Gasteiger charge is -2.35. The summed E-state index contributed by atoms with van der Waals surface area (Å²) in [7, 11) is 1.69. The van der Waals surface area contributed by atoms with Gasteiger partial charge >= 0.3 is 6.03 Å². The molecule has 0 radical (unpaired) electrons. The Balaban J connectivity index is 1.78. The highest BCUT2D eigenvalue weighted by Gasteiger charge is 2.29. The molecule has 3 amide bonds. The van der Waals surface area contributed by atoms with Crippen LogP contribution in [0.3, 0.4) is 0 Å². The maximum absolute atomic E-state index is 12.9. The molecule has 12 heteroatoms. The van der Waals surface area contributed by atoms with Crippen LogP contribution in [0, 0.1) is 19.8 Å². The van der Waals surface area contributed by atoms with Crippen molar-refractivity contribution in [2.45, 2.75) is 65.8 Å². The van der Waals surface area contributed by atoms with Crippen molar-refractivity contribution in [3.63, 3.8) is 0 Å². The van der Waals surface area contributed by atoms with Gasteiger partial charge in [-0.25, -0.2) is 9.48 Å². The summed E-state index contributed by atoms with van der Waals surface area (Å²) in [6.45, 7) is 8.69. The lowest BCUT2D eigenvalue weighted by Crippen LogP contribution is -2.48. The third-order valence-electron chi connectivity index (χ3n) is 6.21. The molecular weight excluding hydrogens is 442 g/mol. The molecule has 0 saturated heterocycles. The molecular formula is C22H35N7O5. The molecule has 2 aromatic rings. The first kappa shape index (κ1) is 25.6. The van der Waals surface area contributed by atoms with E-state index in [1.54, 1.807) is 36.7 Å². The summed E-state index contributed by atoms with van der Waals surface area (Å²) in [5, 5.41) is 24.5. The Labute approximate surface area is 199 Å². The van der Waals surface area contributed by atoms with E-state index < -0.39 is 0 Å². The molecule has 0 fully saturated rings. The van der Waals surface area contributed by atoms with E-state index >= 15 is 0 Å². The van der Waals surface area contributed by atoms with Crippen molar-refractivity contribution in [3.05, 3.63) is 23.3 Å². The van der Waals surface area contributed by atoms with Crippen LogP contribution in [-0.4, -0.2) is 85.9 Å². The molecule has 3 atom stereocenters. The first-order valence-corrected chi connectivity index (χ1v) is 11.6. The number of hydrogen-bond acceptors (Lipinski definition) is 8. The normalized spacial score (nSPS) is 20.8. The number of aliphatic hydroxyl groups excluding tert-OH is 1. The summed E-state index contributed by atoms with van der Waals surface area (Å²) < 4.78 is 13.1. The van der Waals surface area contributed by atoms with Crippen molar-refractivity contribution in [2.24, 2.45) is 5.92 Å². The molecule has 2 N–H and O–H groups in total. The van der Waals surface area contributed by atoms with Gasteiger partial charge in [-0.2, -0.15) is 0 Å². The van der Waals surface area contributed by atoms with E-state index in [0.717, 1.165) is 5.69 Å². The van der Waals surface area contributed by atoms with E-state index in [-0.39, 0.29) is 49.8 Å². The summed E-state index contributed by atoms with van der Waals surface area (Å²) in [6, 6.07) is -0.638. The summed E-state index contributed by atoms with van der Waals surface area (Å²) in [5.74, 6) is 0.387. The van der Waals surface area contributed by atoms with Gasteiger partial charge in [0.05, 0.1) is 37.3 Å². The summed E-state index contributed by atoms with van der Waals surface area (Å²) in [4.78, 5) is 29.1. The third-order valence-corrected chi connectivity index (χ3v) is 6.21. The van der Waals surface area contributed by atoms with Crippen molar-refractivity contribution >= 4 is 17.6 Å². The zero-order valence-electron chi connectivity index (χ0n) is 20.5. The van der Waals surface area contributed by atoms with E-state index in [1.807, 2.05) is 13.8 Å². The average Bonchev–Trinajstić information content (AvgIpc) is 3.39. The van der Waals surface area contributed by atoms with Crippen LogP contribution in [-0.2, 0) is 22.7 Å². The molecule has 3 rings (SSSR count). The number of ether oxygens (including phenoxy) is 1. The molecule has 2 aromatic heterocycles. The van der Waals surface area contributed by atoms with Gasteiger partial charge in [-0.05, 0) is 27.2 Å². The lowest BCUT2D eigenvalue weighted by atomic mass is 10.0. The fourth-order valence-electron chi connectivity index (χ4n) is 3.96. The minimum Gasteiger partial charge on any atom is -0.394 e. The number of amides is 3. The molecule has 0 bridgehead atoms. The van der Waals surface area contributed by atoms with Gasteiger partial charge in [0.2, 0.25) is 5.91 Å². The largest absolute Gasteiger partial charge is 0.394 e. The minimum absolute atomic E-state index is 0.0288. The smallest absolute Gasteiger partial charge is 0.321 e. The molecule has 0 spiro atoms. The van der Waals surface area contributed by atoms with Crippen molar-refractivity contribution in [3.8, 4) is 0 Å². The topological polar surface area (TPSA) is 139 Å². The monoisotopic (exact) mass is 477 g/mol. The van der Waals surface area contributed by atoms with Gasteiger partial charge in [-0.15, -0.1) is 5.10 Å². The number of anilines is 1. The van der Waals surface area contributed by atoms with Gasteiger partial charge in [0.1, 0.15) is 11.4 Å². The number of hydrogen-bond donors (Lipinski definition) is 2. The van der Waals surface area contributed by atoms with E-state index in [1.165, 1.54) is 4.90 Å². The Kier molecular flexibility index (Phi) is 8.61. The van der Waals surface area contributed by atoms with Gasteiger partial charge in [0, 0.05) is 39.0 Å². The van der Waals surface area contributed by atoms with Crippen LogP contribution in [0.5, 0.6) is 0 Å². The zero-order chi connectivity index (χ0) is 24.8. The van der Waals surface area contributed by atoms with Crippen molar-refractivity contribution < 1.29 is 24.0 Å². The molecule has 1 aliphatic heterocycles. The van der Waals surface area contributed by atoms with Crippen LogP contribution in [0.25, 0.3) is 0 Å². The van der Waals surface area contributed by atoms with E-state index in [0.29, 0.717) is 43.1 Å². The number of nitrogens with zero attached hydrogens (tertiary/aromatic N) is 6. The van der Waals surface area contributed by atoms with Crippen LogP contribution >= 0.6 is 0 Å². The highest BCUT2D eigenvalue weighted by atomic mass is 16.5. The average molecular weight is 478 g/mol. The van der Waals surface area contributed by atoms with Gasteiger partial charge in [0.15, 0.2) is 5.76 Å². The summed E-state index contributed by atoms with van der Waals surface area (Å²) in [5.41, 5.74) is 1.96. The second-order valence-corrected chi connectivity index (χ2v) is 8.97. The van der Waals surface area contributed by atoms with Crippen molar-refractivity contribution in [1.29, 1.82) is 0 Å². The highest BCUT2D eigenvalue weighted by molar-refractivity contribution is 5.90. The molecule has 34 heavy (non-hydrogen) atoms. The Morgan fingerprint density at radius 2 is 2.18 bits per heavy atom.